The fraction of sp³-hybridized carbons (Fsp3) is 0.417. The third-order valence-electron chi connectivity index (χ3n) is 3.07. The lowest BCUT2D eigenvalue weighted by Gasteiger charge is -2.12. The maximum atomic E-state index is 4.26. The molecule has 1 atom stereocenters. The van der Waals surface area contributed by atoms with Crippen molar-refractivity contribution in [3.05, 3.63) is 30.0 Å². The minimum atomic E-state index is 0.618. The molecule has 84 valence electrons. The molecule has 0 amide bonds. The first-order valence-corrected chi connectivity index (χ1v) is 6.59. The van der Waals surface area contributed by atoms with Gasteiger partial charge in [0.05, 0.1) is 23.1 Å². The van der Waals surface area contributed by atoms with E-state index in [1.54, 1.807) is 11.3 Å². The summed E-state index contributed by atoms with van der Waals surface area (Å²) in [5.41, 5.74) is 1.24. The Kier molecular flexibility index (Phi) is 2.76. The molecule has 1 unspecified atom stereocenters. The van der Waals surface area contributed by atoms with Crippen LogP contribution >= 0.6 is 11.3 Å². The second-order valence-corrected chi connectivity index (χ2v) is 5.15. The zero-order valence-corrected chi connectivity index (χ0v) is 9.91. The Morgan fingerprint density at radius 2 is 2.56 bits per heavy atom. The van der Waals surface area contributed by atoms with Gasteiger partial charge in [-0.2, -0.15) is 0 Å². The zero-order chi connectivity index (χ0) is 10.8. The van der Waals surface area contributed by atoms with Gasteiger partial charge in [-0.15, -0.1) is 11.3 Å². The van der Waals surface area contributed by atoms with Gasteiger partial charge in [0.25, 0.3) is 0 Å². The van der Waals surface area contributed by atoms with E-state index in [-0.39, 0.29) is 0 Å². The van der Waals surface area contributed by atoms with Gasteiger partial charge in [0, 0.05) is 12.6 Å². The molecule has 0 spiro atoms. The van der Waals surface area contributed by atoms with Crippen LogP contribution < -0.4 is 5.32 Å². The summed E-state index contributed by atoms with van der Waals surface area (Å²) in [6.45, 7) is 2.20. The van der Waals surface area contributed by atoms with Gasteiger partial charge in [-0.1, -0.05) is 6.07 Å². The summed E-state index contributed by atoms with van der Waals surface area (Å²) in [4.78, 5) is 5.56. The van der Waals surface area contributed by atoms with Crippen LogP contribution in [0, 0.1) is 0 Å². The Morgan fingerprint density at radius 3 is 3.31 bits per heavy atom. The Hall–Kier alpha value is -1.13. The average molecular weight is 233 g/mol. The van der Waals surface area contributed by atoms with Crippen LogP contribution in [0.5, 0.6) is 0 Å². The molecular formula is C12H15N3S. The predicted octanol–water partition coefficient (Wildman–Crippen LogP) is 2.36. The van der Waals surface area contributed by atoms with Crippen molar-refractivity contribution in [1.29, 1.82) is 0 Å². The highest BCUT2D eigenvalue weighted by molar-refractivity contribution is 7.13. The van der Waals surface area contributed by atoms with E-state index < -0.39 is 0 Å². The first kappa shape index (κ1) is 10.1. The van der Waals surface area contributed by atoms with E-state index in [0.29, 0.717) is 6.04 Å². The number of hydrogen-bond acceptors (Lipinski definition) is 3. The van der Waals surface area contributed by atoms with Gasteiger partial charge in [0.15, 0.2) is 0 Å². The molecule has 3 rings (SSSR count). The zero-order valence-electron chi connectivity index (χ0n) is 9.10. The quantitative estimate of drug-likeness (QED) is 0.882. The number of aromatic nitrogens is 2. The second-order valence-electron chi connectivity index (χ2n) is 4.20. The van der Waals surface area contributed by atoms with Crippen LogP contribution in [-0.2, 0) is 6.54 Å². The van der Waals surface area contributed by atoms with Crippen molar-refractivity contribution in [1.82, 2.24) is 14.9 Å². The summed E-state index contributed by atoms with van der Waals surface area (Å²) in [6, 6.07) is 4.86. The molecule has 1 aliphatic rings. The van der Waals surface area contributed by atoms with E-state index in [0.717, 1.165) is 13.1 Å². The van der Waals surface area contributed by atoms with Gasteiger partial charge in [0.1, 0.15) is 0 Å². The molecular weight excluding hydrogens is 218 g/mol. The van der Waals surface area contributed by atoms with Crippen molar-refractivity contribution in [3.63, 3.8) is 0 Å². The molecule has 1 N–H and O–H groups in total. The molecule has 1 saturated heterocycles. The molecule has 3 nitrogen and oxygen atoms in total. The fourth-order valence-electron chi connectivity index (χ4n) is 2.25. The van der Waals surface area contributed by atoms with E-state index in [1.165, 1.54) is 23.4 Å². The van der Waals surface area contributed by atoms with Gasteiger partial charge in [-0.3, -0.25) is 0 Å². The predicted molar refractivity (Wildman–Crippen MR) is 66.6 cm³/mol. The van der Waals surface area contributed by atoms with E-state index in [2.05, 4.69) is 32.4 Å². The summed E-state index contributed by atoms with van der Waals surface area (Å²) in [5, 5.41) is 5.63. The smallest absolute Gasteiger partial charge is 0.0951 e. The molecule has 0 saturated carbocycles. The molecule has 0 radical (unpaired) electrons. The van der Waals surface area contributed by atoms with Crippen molar-refractivity contribution in [2.45, 2.75) is 25.4 Å². The molecule has 0 bridgehead atoms. The third kappa shape index (κ3) is 1.90. The summed E-state index contributed by atoms with van der Waals surface area (Å²) in [5.74, 6) is 0. The normalized spacial score (nSPS) is 20.4. The topological polar surface area (TPSA) is 29.9 Å². The van der Waals surface area contributed by atoms with Crippen LogP contribution in [0.15, 0.2) is 30.0 Å². The molecule has 3 heterocycles. The summed E-state index contributed by atoms with van der Waals surface area (Å²) >= 11 is 1.77. The maximum absolute atomic E-state index is 4.26. The number of hydrogen-bond donors (Lipinski definition) is 1. The highest BCUT2D eigenvalue weighted by Gasteiger charge is 2.16. The van der Waals surface area contributed by atoms with Crippen molar-refractivity contribution in [3.8, 4) is 10.6 Å². The average Bonchev–Trinajstić information content (AvgIpc) is 2.98. The maximum Gasteiger partial charge on any atom is 0.0951 e. The monoisotopic (exact) mass is 233 g/mol. The Labute approximate surface area is 99.1 Å². The van der Waals surface area contributed by atoms with Gasteiger partial charge < -0.3 is 9.88 Å². The van der Waals surface area contributed by atoms with Crippen LogP contribution in [0.1, 0.15) is 12.8 Å². The van der Waals surface area contributed by atoms with E-state index in [1.807, 2.05) is 12.5 Å². The Balaban J connectivity index is 1.82. The minimum Gasteiger partial charge on any atom is -0.328 e. The van der Waals surface area contributed by atoms with Crippen LogP contribution in [0.2, 0.25) is 0 Å². The van der Waals surface area contributed by atoms with Crippen molar-refractivity contribution in [2.75, 3.05) is 6.54 Å². The van der Waals surface area contributed by atoms with Crippen LogP contribution in [0.4, 0.5) is 0 Å². The van der Waals surface area contributed by atoms with Gasteiger partial charge in [-0.05, 0) is 30.8 Å². The van der Waals surface area contributed by atoms with Gasteiger partial charge >= 0.3 is 0 Å². The van der Waals surface area contributed by atoms with Crippen molar-refractivity contribution < 1.29 is 0 Å². The number of nitrogens with one attached hydrogen (secondary N) is 1. The SMILES string of the molecule is c1csc(-c2cncn2CC2CCCN2)c1. The highest BCUT2D eigenvalue weighted by Crippen LogP contribution is 2.24. The van der Waals surface area contributed by atoms with Crippen LogP contribution in [-0.4, -0.2) is 22.1 Å². The lowest BCUT2D eigenvalue weighted by Crippen LogP contribution is -2.26. The van der Waals surface area contributed by atoms with Gasteiger partial charge in [-0.25, -0.2) is 4.98 Å². The first-order chi connectivity index (χ1) is 7.93. The molecule has 1 aliphatic heterocycles. The van der Waals surface area contributed by atoms with E-state index in [9.17, 15) is 0 Å². The largest absolute Gasteiger partial charge is 0.328 e. The number of thiophene rings is 1. The lowest BCUT2D eigenvalue weighted by atomic mass is 10.2. The Morgan fingerprint density at radius 1 is 1.56 bits per heavy atom. The van der Waals surface area contributed by atoms with Crippen LogP contribution in [0.3, 0.4) is 0 Å². The number of imidazole rings is 1. The number of rotatable bonds is 3. The van der Waals surface area contributed by atoms with E-state index in [4.69, 9.17) is 0 Å². The lowest BCUT2D eigenvalue weighted by molar-refractivity contribution is 0.512. The molecule has 2 aromatic rings. The molecule has 16 heavy (non-hydrogen) atoms. The first-order valence-electron chi connectivity index (χ1n) is 5.71. The summed E-state index contributed by atoms with van der Waals surface area (Å²) in [7, 11) is 0. The standard InChI is InChI=1S/C12H15N3S/c1-3-10(14-5-1)8-15-9-13-7-11(15)12-4-2-6-16-12/h2,4,6-7,9-10,14H,1,3,5,8H2. The molecule has 0 aliphatic carbocycles. The molecule has 1 fully saturated rings. The molecule has 2 aromatic heterocycles. The highest BCUT2D eigenvalue weighted by atomic mass is 32.1. The summed E-state index contributed by atoms with van der Waals surface area (Å²) in [6.07, 6.45) is 6.48. The third-order valence-corrected chi connectivity index (χ3v) is 3.96. The fourth-order valence-corrected chi connectivity index (χ4v) is 3.00. The molecule has 4 heteroatoms. The van der Waals surface area contributed by atoms with Gasteiger partial charge in [0.2, 0.25) is 0 Å². The Bertz CT molecular complexity index is 441. The van der Waals surface area contributed by atoms with E-state index >= 15 is 0 Å². The molecule has 0 aromatic carbocycles. The van der Waals surface area contributed by atoms with Crippen molar-refractivity contribution in [2.24, 2.45) is 0 Å². The second kappa shape index (κ2) is 4.39. The minimum absolute atomic E-state index is 0.618. The van der Waals surface area contributed by atoms with Crippen LogP contribution in [0.25, 0.3) is 10.6 Å². The summed E-state index contributed by atoms with van der Waals surface area (Å²) < 4.78 is 2.26. The van der Waals surface area contributed by atoms with Crippen molar-refractivity contribution >= 4 is 11.3 Å². The number of nitrogens with zero attached hydrogens (tertiary/aromatic N) is 2.